The van der Waals surface area contributed by atoms with E-state index in [1.807, 2.05) is 48.2 Å². The number of carbonyl (C=O) groups is 3. The Bertz CT molecular complexity index is 674. The number of rotatable bonds is 12. The number of allylic oxidation sites excluding steroid dienone is 1. The highest BCUT2D eigenvalue weighted by molar-refractivity contribution is 8.13. The van der Waals surface area contributed by atoms with E-state index in [1.165, 1.54) is 11.8 Å². The second kappa shape index (κ2) is 12.4. The van der Waals surface area contributed by atoms with E-state index in [2.05, 4.69) is 0 Å². The topological polar surface area (TPSA) is 63.7 Å². The summed E-state index contributed by atoms with van der Waals surface area (Å²) < 4.78 is 4.91. The number of unbranched alkanes of at least 4 members (excludes halogenated alkanes) is 3. The average Bonchev–Trinajstić information content (AvgIpc) is 3.03. The first-order valence-corrected chi connectivity index (χ1v) is 10.9. The highest BCUT2D eigenvalue weighted by Gasteiger charge is 2.29. The first-order chi connectivity index (χ1) is 13.6. The number of ether oxygens (including phenoxy) is 1. The molecule has 1 fully saturated rings. The van der Waals surface area contributed by atoms with Crippen molar-refractivity contribution in [2.45, 2.75) is 51.5 Å². The number of hydrogen-bond donors (Lipinski definition) is 0. The van der Waals surface area contributed by atoms with Crippen molar-refractivity contribution in [3.05, 3.63) is 48.0 Å². The van der Waals surface area contributed by atoms with Gasteiger partial charge in [0.25, 0.3) is 5.24 Å². The molecule has 152 valence electrons. The summed E-state index contributed by atoms with van der Waals surface area (Å²) in [5.74, 6) is 0.602. The van der Waals surface area contributed by atoms with Crippen molar-refractivity contribution in [3.8, 4) is 0 Å². The van der Waals surface area contributed by atoms with Crippen LogP contribution in [-0.4, -0.2) is 46.8 Å². The molecule has 5 nitrogen and oxygen atoms in total. The van der Waals surface area contributed by atoms with E-state index in [0.29, 0.717) is 31.7 Å². The van der Waals surface area contributed by atoms with Crippen molar-refractivity contribution in [1.29, 1.82) is 0 Å². The molecule has 0 saturated carbocycles. The number of nitrogens with zero attached hydrogens (tertiary/aromatic N) is 1. The molecule has 0 aliphatic carbocycles. The Morgan fingerprint density at radius 3 is 2.68 bits per heavy atom. The van der Waals surface area contributed by atoms with Crippen LogP contribution in [0.3, 0.4) is 0 Å². The number of ketones is 1. The average molecular weight is 404 g/mol. The third-order valence-electron chi connectivity index (χ3n) is 4.57. The molecule has 1 aliphatic rings. The zero-order chi connectivity index (χ0) is 20.2. The van der Waals surface area contributed by atoms with Gasteiger partial charge in [0.1, 0.15) is 0 Å². The molecule has 28 heavy (non-hydrogen) atoms. The van der Waals surface area contributed by atoms with Crippen LogP contribution in [-0.2, 0) is 20.7 Å². The second-order valence-corrected chi connectivity index (χ2v) is 7.77. The fraction of sp³-hybridized carbons (Fsp3) is 0.500. The van der Waals surface area contributed by atoms with Gasteiger partial charge in [-0.2, -0.15) is 0 Å². The zero-order valence-corrected chi connectivity index (χ0v) is 17.3. The van der Waals surface area contributed by atoms with Gasteiger partial charge in [-0.3, -0.25) is 14.4 Å². The maximum atomic E-state index is 12.2. The molecular formula is C22H29NO4S. The molecule has 1 aromatic rings. The van der Waals surface area contributed by atoms with Crippen LogP contribution in [0.15, 0.2) is 42.5 Å². The van der Waals surface area contributed by atoms with E-state index < -0.39 is 0 Å². The van der Waals surface area contributed by atoms with E-state index in [4.69, 9.17) is 4.74 Å². The molecule has 0 N–H and O–H groups in total. The Morgan fingerprint density at radius 2 is 1.93 bits per heavy atom. The third-order valence-corrected chi connectivity index (χ3v) is 5.56. The quantitative estimate of drug-likeness (QED) is 0.294. The van der Waals surface area contributed by atoms with Gasteiger partial charge >= 0.3 is 5.97 Å². The van der Waals surface area contributed by atoms with Crippen LogP contribution in [0.2, 0.25) is 0 Å². The van der Waals surface area contributed by atoms with Crippen molar-refractivity contribution >= 4 is 28.8 Å². The lowest BCUT2D eigenvalue weighted by molar-refractivity contribution is -0.143. The summed E-state index contributed by atoms with van der Waals surface area (Å²) in [6.07, 6.45) is 7.96. The number of amides is 1. The lowest BCUT2D eigenvalue weighted by atomic mass is 10.1. The number of esters is 1. The molecule has 0 spiro atoms. The molecule has 1 saturated heterocycles. The Balaban J connectivity index is 1.70. The normalized spacial score (nSPS) is 16.7. The summed E-state index contributed by atoms with van der Waals surface area (Å²) >= 11 is 1.31. The summed E-state index contributed by atoms with van der Waals surface area (Å²) in [6, 6.07) is 9.64. The fourth-order valence-electron chi connectivity index (χ4n) is 3.09. The van der Waals surface area contributed by atoms with Gasteiger partial charge in [-0.15, -0.1) is 0 Å². The minimum atomic E-state index is -0.140. The molecule has 0 bridgehead atoms. The van der Waals surface area contributed by atoms with Gasteiger partial charge in [0.2, 0.25) is 0 Å². The van der Waals surface area contributed by atoms with Gasteiger partial charge in [-0.1, -0.05) is 61.0 Å². The maximum Gasteiger partial charge on any atom is 0.305 e. The van der Waals surface area contributed by atoms with Crippen LogP contribution in [0.1, 0.15) is 44.6 Å². The number of carbonyl (C=O) groups excluding carboxylic acids is 3. The number of thioether (sulfide) groups is 1. The number of hydrogen-bond acceptors (Lipinski definition) is 5. The summed E-state index contributed by atoms with van der Waals surface area (Å²) in [6.45, 7) is 2.92. The van der Waals surface area contributed by atoms with Crippen molar-refractivity contribution in [2.75, 3.05) is 18.9 Å². The second-order valence-electron chi connectivity index (χ2n) is 6.79. The minimum Gasteiger partial charge on any atom is -0.466 e. The Kier molecular flexibility index (Phi) is 9.83. The molecular weight excluding hydrogens is 374 g/mol. The standard InChI is InChI=1S/C22H29NO4S/c1-2-27-21(25)12-8-3-4-9-15-23-19(17-28-22(23)26)13-14-20(24)16-18-10-6-5-7-11-18/h5-7,10-11,13-14,19H,2-4,8-9,12,15-17H2,1H3/b14-13+/t19-/m0/s1. The van der Waals surface area contributed by atoms with Crippen LogP contribution in [0.25, 0.3) is 0 Å². The van der Waals surface area contributed by atoms with Gasteiger partial charge in [-0.25, -0.2) is 0 Å². The van der Waals surface area contributed by atoms with Gasteiger partial charge in [0, 0.05) is 25.1 Å². The van der Waals surface area contributed by atoms with E-state index in [-0.39, 0.29) is 23.0 Å². The van der Waals surface area contributed by atoms with Crippen molar-refractivity contribution in [1.82, 2.24) is 4.90 Å². The van der Waals surface area contributed by atoms with Crippen molar-refractivity contribution in [2.24, 2.45) is 0 Å². The van der Waals surface area contributed by atoms with Gasteiger partial charge in [0.05, 0.1) is 12.6 Å². The fourth-order valence-corrected chi connectivity index (χ4v) is 4.09. The van der Waals surface area contributed by atoms with E-state index in [0.717, 1.165) is 31.2 Å². The molecule has 2 rings (SSSR count). The zero-order valence-electron chi connectivity index (χ0n) is 16.5. The first-order valence-electron chi connectivity index (χ1n) is 9.94. The van der Waals surface area contributed by atoms with Gasteiger partial charge in [-0.05, 0) is 31.4 Å². The molecule has 1 aliphatic heterocycles. The maximum absolute atomic E-state index is 12.2. The monoisotopic (exact) mass is 403 g/mol. The van der Waals surface area contributed by atoms with E-state index in [9.17, 15) is 14.4 Å². The van der Waals surface area contributed by atoms with Crippen LogP contribution < -0.4 is 0 Å². The molecule has 1 heterocycles. The highest BCUT2D eigenvalue weighted by Crippen LogP contribution is 2.25. The highest BCUT2D eigenvalue weighted by atomic mass is 32.2. The molecule has 0 unspecified atom stereocenters. The lowest BCUT2D eigenvalue weighted by Crippen LogP contribution is -2.32. The van der Waals surface area contributed by atoms with Crippen LogP contribution >= 0.6 is 11.8 Å². The van der Waals surface area contributed by atoms with E-state index in [1.54, 1.807) is 6.08 Å². The van der Waals surface area contributed by atoms with Crippen LogP contribution in [0.5, 0.6) is 0 Å². The Morgan fingerprint density at radius 1 is 1.18 bits per heavy atom. The summed E-state index contributed by atoms with van der Waals surface area (Å²) in [5, 5.41) is 0.0803. The molecule has 0 aromatic heterocycles. The minimum absolute atomic E-state index is 0.0169. The summed E-state index contributed by atoms with van der Waals surface area (Å²) in [4.78, 5) is 37.4. The lowest BCUT2D eigenvalue weighted by Gasteiger charge is -2.21. The predicted octanol–water partition coefficient (Wildman–Crippen LogP) is 4.41. The molecule has 1 aromatic carbocycles. The molecule has 6 heteroatoms. The smallest absolute Gasteiger partial charge is 0.305 e. The largest absolute Gasteiger partial charge is 0.466 e. The Hall–Kier alpha value is -2.08. The molecule has 0 radical (unpaired) electrons. The number of benzene rings is 1. The SMILES string of the molecule is CCOC(=O)CCCCCCN1C(=O)SC[C@@H]1/C=C/C(=O)Cc1ccccc1. The Labute approximate surface area is 171 Å². The third kappa shape index (κ3) is 7.89. The summed E-state index contributed by atoms with van der Waals surface area (Å²) in [7, 11) is 0. The van der Waals surface area contributed by atoms with Crippen LogP contribution in [0.4, 0.5) is 4.79 Å². The van der Waals surface area contributed by atoms with Gasteiger partial charge in [0.15, 0.2) is 5.78 Å². The van der Waals surface area contributed by atoms with Crippen molar-refractivity contribution < 1.29 is 19.1 Å². The van der Waals surface area contributed by atoms with Crippen LogP contribution in [0, 0.1) is 0 Å². The molecule has 1 amide bonds. The summed E-state index contributed by atoms with van der Waals surface area (Å²) in [5.41, 5.74) is 0.994. The first kappa shape index (κ1) is 22.2. The van der Waals surface area contributed by atoms with E-state index >= 15 is 0 Å². The van der Waals surface area contributed by atoms with Crippen molar-refractivity contribution in [3.63, 3.8) is 0 Å². The molecule has 1 atom stereocenters. The van der Waals surface area contributed by atoms with Gasteiger partial charge < -0.3 is 9.64 Å². The predicted molar refractivity (Wildman–Crippen MR) is 112 cm³/mol.